The normalized spacial score (nSPS) is 11.4. The minimum absolute atomic E-state index is 0.0322. The quantitative estimate of drug-likeness (QED) is 0.835. The zero-order valence-corrected chi connectivity index (χ0v) is 12.6. The van der Waals surface area contributed by atoms with Crippen molar-refractivity contribution in [1.82, 2.24) is 4.98 Å². The maximum atomic E-state index is 12.1. The van der Waals surface area contributed by atoms with Gasteiger partial charge in [0.15, 0.2) is 5.13 Å². The molecule has 3 N–H and O–H groups in total. The van der Waals surface area contributed by atoms with Gasteiger partial charge in [0.05, 0.1) is 11.4 Å². The summed E-state index contributed by atoms with van der Waals surface area (Å²) in [5.41, 5.74) is 6.63. The highest BCUT2D eigenvalue weighted by Crippen LogP contribution is 2.26. The average Bonchev–Trinajstić information content (AvgIpc) is 2.66. The summed E-state index contributed by atoms with van der Waals surface area (Å²) in [5, 5.41) is 2.09. The molecule has 0 radical (unpaired) electrons. The number of sulfonamides is 1. The van der Waals surface area contributed by atoms with Crippen LogP contribution >= 0.6 is 27.3 Å². The van der Waals surface area contributed by atoms with Crippen LogP contribution in [0.1, 0.15) is 5.69 Å². The molecule has 0 aliphatic carbocycles. The molecule has 0 saturated heterocycles. The highest BCUT2D eigenvalue weighted by Gasteiger charge is 2.19. The number of hydrogen-bond acceptors (Lipinski definition) is 5. The van der Waals surface area contributed by atoms with E-state index in [9.17, 15) is 8.42 Å². The fourth-order valence-corrected chi connectivity index (χ4v) is 3.92. The summed E-state index contributed by atoms with van der Waals surface area (Å²) in [6.45, 7) is 1.79. The lowest BCUT2D eigenvalue weighted by Crippen LogP contribution is -2.14. The Morgan fingerprint density at radius 3 is 2.78 bits per heavy atom. The van der Waals surface area contributed by atoms with E-state index in [-0.39, 0.29) is 10.6 Å². The van der Waals surface area contributed by atoms with Gasteiger partial charge in [-0.25, -0.2) is 13.4 Å². The number of thiazole rings is 1. The monoisotopic (exact) mass is 347 g/mol. The molecule has 18 heavy (non-hydrogen) atoms. The van der Waals surface area contributed by atoms with Crippen LogP contribution in [0.5, 0.6) is 0 Å². The van der Waals surface area contributed by atoms with Gasteiger partial charge in [0.2, 0.25) is 0 Å². The highest BCUT2D eigenvalue weighted by molar-refractivity contribution is 9.10. The molecule has 1 aromatic carbocycles. The van der Waals surface area contributed by atoms with Gasteiger partial charge in [-0.15, -0.1) is 11.3 Å². The van der Waals surface area contributed by atoms with Gasteiger partial charge in [0.1, 0.15) is 4.90 Å². The van der Waals surface area contributed by atoms with Gasteiger partial charge in [0.25, 0.3) is 10.0 Å². The van der Waals surface area contributed by atoms with Crippen LogP contribution < -0.4 is 10.5 Å². The third-order valence-electron chi connectivity index (χ3n) is 2.11. The Morgan fingerprint density at radius 1 is 1.44 bits per heavy atom. The summed E-state index contributed by atoms with van der Waals surface area (Å²) in [6, 6.07) is 4.67. The Kier molecular flexibility index (Phi) is 3.60. The van der Waals surface area contributed by atoms with Crippen LogP contribution in [0, 0.1) is 6.92 Å². The second kappa shape index (κ2) is 4.87. The van der Waals surface area contributed by atoms with Gasteiger partial charge < -0.3 is 5.73 Å². The number of nitrogens with zero attached hydrogens (tertiary/aromatic N) is 1. The molecule has 2 aromatic rings. The lowest BCUT2D eigenvalue weighted by atomic mass is 10.3. The van der Waals surface area contributed by atoms with Crippen LogP contribution in [0.3, 0.4) is 0 Å². The van der Waals surface area contributed by atoms with Crippen molar-refractivity contribution >= 4 is 48.1 Å². The summed E-state index contributed by atoms with van der Waals surface area (Å²) in [6.07, 6.45) is 0. The second-order valence-electron chi connectivity index (χ2n) is 3.58. The van der Waals surface area contributed by atoms with E-state index >= 15 is 0 Å². The topological polar surface area (TPSA) is 85.1 Å². The van der Waals surface area contributed by atoms with Crippen molar-refractivity contribution in [3.05, 3.63) is 33.7 Å². The van der Waals surface area contributed by atoms with Crippen molar-refractivity contribution in [1.29, 1.82) is 0 Å². The Labute approximate surface area is 117 Å². The maximum absolute atomic E-state index is 12.1. The van der Waals surface area contributed by atoms with Gasteiger partial charge in [-0.2, -0.15) is 0 Å². The van der Waals surface area contributed by atoms with E-state index in [1.54, 1.807) is 18.4 Å². The molecule has 0 atom stereocenters. The van der Waals surface area contributed by atoms with Crippen molar-refractivity contribution in [2.24, 2.45) is 0 Å². The van der Waals surface area contributed by atoms with Gasteiger partial charge in [-0.05, 0) is 25.1 Å². The molecule has 96 valence electrons. The lowest BCUT2D eigenvalue weighted by Gasteiger charge is -2.08. The van der Waals surface area contributed by atoms with Crippen LogP contribution in [0.15, 0.2) is 32.9 Å². The van der Waals surface area contributed by atoms with Crippen LogP contribution in [-0.2, 0) is 10.0 Å². The van der Waals surface area contributed by atoms with Crippen LogP contribution in [0.2, 0.25) is 0 Å². The van der Waals surface area contributed by atoms with Crippen molar-refractivity contribution in [2.75, 3.05) is 10.5 Å². The molecule has 8 heteroatoms. The van der Waals surface area contributed by atoms with Crippen molar-refractivity contribution in [3.63, 3.8) is 0 Å². The Hall–Kier alpha value is -1.12. The molecule has 0 saturated carbocycles. The van der Waals surface area contributed by atoms with Gasteiger partial charge in [-0.1, -0.05) is 15.9 Å². The molecule has 1 heterocycles. The fourth-order valence-electron chi connectivity index (χ4n) is 1.31. The van der Waals surface area contributed by atoms with E-state index in [4.69, 9.17) is 5.73 Å². The van der Waals surface area contributed by atoms with E-state index < -0.39 is 10.0 Å². The first-order chi connectivity index (χ1) is 8.38. The number of anilines is 2. The number of aryl methyl sites for hydroxylation is 1. The number of hydrogen-bond donors (Lipinski definition) is 2. The standard InChI is InChI=1S/C10H10BrN3O2S2/c1-6-5-17-10(13-6)14-18(15,16)9-4-7(11)2-3-8(9)12/h2-5H,12H2,1H3,(H,13,14). The molecular formula is C10H10BrN3O2S2. The summed E-state index contributed by atoms with van der Waals surface area (Å²) in [7, 11) is -3.71. The van der Waals surface area contributed by atoms with Crippen molar-refractivity contribution < 1.29 is 8.42 Å². The van der Waals surface area contributed by atoms with Crippen LogP contribution in [0.4, 0.5) is 10.8 Å². The minimum atomic E-state index is -3.71. The summed E-state index contributed by atoms with van der Waals surface area (Å²) in [5.74, 6) is 0. The lowest BCUT2D eigenvalue weighted by molar-refractivity contribution is 0.601. The molecule has 0 unspecified atom stereocenters. The molecule has 2 rings (SSSR count). The van der Waals surface area contributed by atoms with Gasteiger partial charge >= 0.3 is 0 Å². The number of rotatable bonds is 3. The number of nitrogens with two attached hydrogens (primary N) is 1. The first kappa shape index (κ1) is 13.3. The third-order valence-corrected chi connectivity index (χ3v) is 5.00. The minimum Gasteiger partial charge on any atom is -0.398 e. The summed E-state index contributed by atoms with van der Waals surface area (Å²) >= 11 is 4.44. The second-order valence-corrected chi connectivity index (χ2v) is 7.01. The maximum Gasteiger partial charge on any atom is 0.265 e. The number of benzene rings is 1. The van der Waals surface area contributed by atoms with E-state index in [1.165, 1.54) is 23.5 Å². The van der Waals surface area contributed by atoms with Crippen LogP contribution in [-0.4, -0.2) is 13.4 Å². The van der Waals surface area contributed by atoms with E-state index in [0.717, 1.165) is 5.69 Å². The first-order valence-electron chi connectivity index (χ1n) is 4.88. The zero-order valence-electron chi connectivity index (χ0n) is 9.34. The molecule has 0 aliphatic rings. The molecule has 0 bridgehead atoms. The third kappa shape index (κ3) is 2.82. The number of nitrogens with one attached hydrogen (secondary N) is 1. The largest absolute Gasteiger partial charge is 0.398 e. The number of aromatic nitrogens is 1. The number of halogens is 1. The predicted octanol–water partition coefficient (Wildman–Crippen LogP) is 2.60. The molecule has 0 spiro atoms. The first-order valence-corrected chi connectivity index (χ1v) is 8.04. The highest BCUT2D eigenvalue weighted by atomic mass is 79.9. The Bertz CT molecular complexity index is 682. The summed E-state index contributed by atoms with van der Waals surface area (Å²) in [4.78, 5) is 4.08. The SMILES string of the molecule is Cc1csc(NS(=O)(=O)c2cc(Br)ccc2N)n1. The van der Waals surface area contributed by atoms with E-state index in [2.05, 4.69) is 25.6 Å². The molecule has 5 nitrogen and oxygen atoms in total. The van der Waals surface area contributed by atoms with E-state index in [0.29, 0.717) is 9.60 Å². The van der Waals surface area contributed by atoms with Crippen molar-refractivity contribution in [3.8, 4) is 0 Å². The van der Waals surface area contributed by atoms with Gasteiger partial charge in [-0.3, -0.25) is 4.72 Å². The zero-order chi connectivity index (χ0) is 13.3. The fraction of sp³-hybridized carbons (Fsp3) is 0.100. The average molecular weight is 348 g/mol. The van der Waals surface area contributed by atoms with Crippen molar-refractivity contribution in [2.45, 2.75) is 11.8 Å². The molecule has 0 fully saturated rings. The predicted molar refractivity (Wildman–Crippen MR) is 76.2 cm³/mol. The Morgan fingerprint density at radius 2 is 2.17 bits per heavy atom. The molecular weight excluding hydrogens is 338 g/mol. The van der Waals surface area contributed by atoms with Gasteiger partial charge in [0, 0.05) is 9.85 Å². The Balaban J connectivity index is 2.39. The number of nitrogen functional groups attached to an aromatic ring is 1. The van der Waals surface area contributed by atoms with Crippen LogP contribution in [0.25, 0.3) is 0 Å². The van der Waals surface area contributed by atoms with E-state index in [1.807, 2.05) is 0 Å². The summed E-state index contributed by atoms with van der Waals surface area (Å²) < 4.78 is 27.3. The molecule has 1 aromatic heterocycles. The smallest absolute Gasteiger partial charge is 0.265 e. The molecule has 0 amide bonds. The molecule has 0 aliphatic heterocycles.